The first-order valence-electron chi connectivity index (χ1n) is 9.03. The van der Waals surface area contributed by atoms with Crippen LogP contribution >= 0.6 is 35.3 Å². The Hall–Kier alpha value is -1.94. The lowest BCUT2D eigenvalue weighted by molar-refractivity contribution is 0.677. The number of hydrogen-bond donors (Lipinski definition) is 2. The zero-order chi connectivity index (χ0) is 19.2. The number of aliphatic imine (C=N–C) groups is 1. The maximum absolute atomic E-state index is 4.73. The lowest BCUT2D eigenvalue weighted by Crippen LogP contribution is -2.38. The summed E-state index contributed by atoms with van der Waals surface area (Å²) in [6.07, 6.45) is 0. The Balaban J connectivity index is 0.00000280. The molecule has 1 unspecified atom stereocenters. The topological polar surface area (TPSA) is 67.1 Å². The van der Waals surface area contributed by atoms with Crippen molar-refractivity contribution >= 4 is 41.3 Å². The van der Waals surface area contributed by atoms with Crippen LogP contribution < -0.4 is 10.6 Å². The molecule has 0 saturated heterocycles. The van der Waals surface area contributed by atoms with Gasteiger partial charge in [0.2, 0.25) is 0 Å². The molecule has 0 aliphatic rings. The summed E-state index contributed by atoms with van der Waals surface area (Å²) in [6, 6.07) is 14.8. The highest BCUT2D eigenvalue weighted by atomic mass is 127. The fourth-order valence-electron chi connectivity index (χ4n) is 2.67. The van der Waals surface area contributed by atoms with Crippen LogP contribution in [0.1, 0.15) is 39.9 Å². The summed E-state index contributed by atoms with van der Waals surface area (Å²) in [5.74, 6) is 2.49. The smallest absolute Gasteiger partial charge is 0.192 e. The molecule has 0 bridgehead atoms. The molecule has 3 aromatic rings. The first-order chi connectivity index (χ1) is 13.0. The van der Waals surface area contributed by atoms with Gasteiger partial charge in [0.25, 0.3) is 0 Å². The molecule has 0 radical (unpaired) electrons. The molecule has 2 N–H and O–H groups in total. The van der Waals surface area contributed by atoms with Crippen LogP contribution in [0.25, 0.3) is 0 Å². The van der Waals surface area contributed by atoms with E-state index in [1.165, 1.54) is 15.3 Å². The molecule has 0 amide bonds. The van der Waals surface area contributed by atoms with Gasteiger partial charge >= 0.3 is 0 Å². The zero-order valence-corrected chi connectivity index (χ0v) is 19.8. The number of thiophene rings is 1. The standard InChI is InChI=1S/C20H26N6S.HI/c1-14-10-11-18(27-14)12-21-20(22-13-19-25-24-16(3)26(19)4)23-15(2)17-8-6-5-7-9-17;/h5-11,15H,12-13H2,1-4H3,(H2,21,22,23);1H. The molecule has 1 aromatic carbocycles. The van der Waals surface area contributed by atoms with Gasteiger partial charge in [-0.05, 0) is 38.5 Å². The minimum absolute atomic E-state index is 0. The van der Waals surface area contributed by atoms with Crippen molar-refractivity contribution in [2.75, 3.05) is 0 Å². The van der Waals surface area contributed by atoms with Crippen molar-refractivity contribution in [3.05, 3.63) is 69.4 Å². The van der Waals surface area contributed by atoms with Gasteiger partial charge in [-0.1, -0.05) is 30.3 Å². The van der Waals surface area contributed by atoms with Gasteiger partial charge in [0.15, 0.2) is 11.8 Å². The van der Waals surface area contributed by atoms with Crippen molar-refractivity contribution in [2.24, 2.45) is 12.0 Å². The number of nitrogens with zero attached hydrogens (tertiary/aromatic N) is 4. The van der Waals surface area contributed by atoms with Crippen LogP contribution in [0.2, 0.25) is 0 Å². The van der Waals surface area contributed by atoms with E-state index in [0.717, 1.165) is 24.2 Å². The first-order valence-corrected chi connectivity index (χ1v) is 9.84. The molecule has 6 nitrogen and oxygen atoms in total. The highest BCUT2D eigenvalue weighted by Crippen LogP contribution is 2.15. The largest absolute Gasteiger partial charge is 0.351 e. The molecule has 0 fully saturated rings. The van der Waals surface area contributed by atoms with Crippen LogP contribution in [0.4, 0.5) is 0 Å². The second-order valence-electron chi connectivity index (χ2n) is 6.53. The van der Waals surface area contributed by atoms with Crippen molar-refractivity contribution in [2.45, 2.75) is 39.9 Å². The Labute approximate surface area is 187 Å². The highest BCUT2D eigenvalue weighted by molar-refractivity contribution is 14.0. The Morgan fingerprint density at radius 3 is 2.50 bits per heavy atom. The van der Waals surface area contributed by atoms with E-state index >= 15 is 0 Å². The van der Waals surface area contributed by atoms with Gasteiger partial charge in [-0.25, -0.2) is 4.99 Å². The second-order valence-corrected chi connectivity index (χ2v) is 7.90. The fraction of sp³-hybridized carbons (Fsp3) is 0.350. The SMILES string of the molecule is Cc1ccc(CNC(=NCc2nnc(C)n2C)NC(C)c2ccccc2)s1.I. The summed E-state index contributed by atoms with van der Waals surface area (Å²) >= 11 is 1.79. The number of hydrogen-bond acceptors (Lipinski definition) is 4. The van der Waals surface area contributed by atoms with Gasteiger partial charge in [0.1, 0.15) is 12.4 Å². The summed E-state index contributed by atoms with van der Waals surface area (Å²) in [4.78, 5) is 7.32. The van der Waals surface area contributed by atoms with Crippen molar-refractivity contribution in [1.29, 1.82) is 0 Å². The van der Waals surface area contributed by atoms with Crippen molar-refractivity contribution in [3.63, 3.8) is 0 Å². The first kappa shape index (κ1) is 22.4. The molecule has 28 heavy (non-hydrogen) atoms. The van der Waals surface area contributed by atoms with E-state index in [0.29, 0.717) is 6.54 Å². The number of aryl methyl sites for hydroxylation is 2. The van der Waals surface area contributed by atoms with E-state index in [9.17, 15) is 0 Å². The Morgan fingerprint density at radius 2 is 1.89 bits per heavy atom. The van der Waals surface area contributed by atoms with E-state index in [2.05, 4.69) is 71.1 Å². The van der Waals surface area contributed by atoms with Crippen molar-refractivity contribution in [3.8, 4) is 0 Å². The third-order valence-electron chi connectivity index (χ3n) is 4.44. The molecular formula is C20H27IN6S. The van der Waals surface area contributed by atoms with Crippen LogP contribution in [0.3, 0.4) is 0 Å². The Kier molecular flexibility index (Phi) is 8.43. The van der Waals surface area contributed by atoms with Crippen LogP contribution in [-0.4, -0.2) is 20.7 Å². The maximum atomic E-state index is 4.73. The van der Waals surface area contributed by atoms with Crippen molar-refractivity contribution < 1.29 is 0 Å². The summed E-state index contributed by atoms with van der Waals surface area (Å²) in [5.41, 5.74) is 1.22. The monoisotopic (exact) mass is 510 g/mol. The zero-order valence-electron chi connectivity index (χ0n) is 16.6. The Bertz CT molecular complexity index is 903. The third-order valence-corrected chi connectivity index (χ3v) is 5.44. The average Bonchev–Trinajstić information content (AvgIpc) is 3.24. The van der Waals surface area contributed by atoms with Crippen molar-refractivity contribution in [1.82, 2.24) is 25.4 Å². The number of aromatic nitrogens is 3. The molecule has 0 aliphatic heterocycles. The van der Waals surface area contributed by atoms with Crippen LogP contribution in [0, 0.1) is 13.8 Å². The average molecular weight is 510 g/mol. The van der Waals surface area contributed by atoms with Gasteiger partial charge < -0.3 is 15.2 Å². The molecule has 0 spiro atoms. The summed E-state index contributed by atoms with van der Waals surface area (Å²) in [7, 11) is 1.96. The number of guanidine groups is 1. The summed E-state index contributed by atoms with van der Waals surface area (Å²) in [5, 5.41) is 15.2. The van der Waals surface area contributed by atoms with E-state index in [4.69, 9.17) is 4.99 Å². The fourth-order valence-corrected chi connectivity index (χ4v) is 3.50. The minimum atomic E-state index is 0. The van der Waals surface area contributed by atoms with Gasteiger partial charge in [-0.15, -0.1) is 45.5 Å². The van der Waals surface area contributed by atoms with Crippen LogP contribution in [-0.2, 0) is 20.1 Å². The van der Waals surface area contributed by atoms with Crippen LogP contribution in [0.5, 0.6) is 0 Å². The number of halogens is 1. The predicted octanol–water partition coefficient (Wildman–Crippen LogP) is 4.11. The van der Waals surface area contributed by atoms with E-state index in [1.54, 1.807) is 11.3 Å². The quantitative estimate of drug-likeness (QED) is 0.298. The van der Waals surface area contributed by atoms with Crippen LogP contribution in [0.15, 0.2) is 47.5 Å². The molecular weight excluding hydrogens is 483 g/mol. The lowest BCUT2D eigenvalue weighted by Gasteiger charge is -2.18. The summed E-state index contributed by atoms with van der Waals surface area (Å²) in [6.45, 7) is 7.40. The second kappa shape index (κ2) is 10.6. The van der Waals surface area contributed by atoms with Gasteiger partial charge in [-0.2, -0.15) is 0 Å². The van der Waals surface area contributed by atoms with Gasteiger partial charge in [-0.3, -0.25) is 0 Å². The molecule has 3 rings (SSSR count). The highest BCUT2D eigenvalue weighted by Gasteiger charge is 2.10. The minimum Gasteiger partial charge on any atom is -0.351 e. The third kappa shape index (κ3) is 6.03. The molecule has 8 heteroatoms. The maximum Gasteiger partial charge on any atom is 0.192 e. The normalized spacial score (nSPS) is 12.4. The molecule has 150 valence electrons. The van der Waals surface area contributed by atoms with Gasteiger partial charge in [0, 0.05) is 16.8 Å². The van der Waals surface area contributed by atoms with E-state index in [1.807, 2.05) is 24.6 Å². The molecule has 0 aliphatic carbocycles. The summed E-state index contributed by atoms with van der Waals surface area (Å²) < 4.78 is 1.96. The van der Waals surface area contributed by atoms with E-state index < -0.39 is 0 Å². The lowest BCUT2D eigenvalue weighted by atomic mass is 10.1. The molecule has 2 heterocycles. The molecule has 0 saturated carbocycles. The molecule has 1 atom stereocenters. The number of benzene rings is 1. The van der Waals surface area contributed by atoms with E-state index in [-0.39, 0.29) is 30.0 Å². The predicted molar refractivity (Wildman–Crippen MR) is 126 cm³/mol. The Morgan fingerprint density at radius 1 is 1.14 bits per heavy atom. The molecule has 2 aromatic heterocycles. The number of rotatable bonds is 6. The number of nitrogens with one attached hydrogen (secondary N) is 2. The van der Waals surface area contributed by atoms with Gasteiger partial charge in [0.05, 0.1) is 12.6 Å².